The van der Waals surface area contributed by atoms with Gasteiger partial charge in [-0.15, -0.1) is 24.0 Å². The molecule has 1 rings (SSSR count). The smallest absolute Gasteiger partial charge is 0.193 e. The summed E-state index contributed by atoms with van der Waals surface area (Å²) < 4.78 is 23.2. The molecule has 0 radical (unpaired) electrons. The van der Waals surface area contributed by atoms with Crippen molar-refractivity contribution in [3.8, 4) is 0 Å². The number of halogens is 1. The van der Waals surface area contributed by atoms with E-state index in [1.165, 1.54) is 5.56 Å². The molecule has 120 valence electrons. The fourth-order valence-corrected chi connectivity index (χ4v) is 2.35. The summed E-state index contributed by atoms with van der Waals surface area (Å²) >= 11 is 0. The highest BCUT2D eigenvalue weighted by molar-refractivity contribution is 14.0. The molecule has 1 aromatic rings. The molecule has 0 amide bonds. The molecule has 0 spiro atoms. The molecule has 0 heterocycles. The van der Waals surface area contributed by atoms with Crippen LogP contribution in [0.15, 0.2) is 23.2 Å². The Hall–Kier alpha value is -0.830. The largest absolute Gasteiger partial charge is 0.370 e. The van der Waals surface area contributed by atoms with Crippen molar-refractivity contribution in [3.05, 3.63) is 29.3 Å². The van der Waals surface area contributed by atoms with E-state index in [0.29, 0.717) is 0 Å². The van der Waals surface area contributed by atoms with Gasteiger partial charge in [0.15, 0.2) is 15.8 Å². The standard InChI is InChI=1S/C14H23N3O2S.HI/c1-10(2)20(18,19)8-7-16-14(15)17-13-6-5-11(3)12(4)9-13;/h5-6,9-10H,7-8H2,1-4H3,(H3,15,16,17);1H. The maximum absolute atomic E-state index is 11.6. The number of hydrogen-bond donors (Lipinski definition) is 2. The van der Waals surface area contributed by atoms with E-state index < -0.39 is 9.84 Å². The molecule has 0 unspecified atom stereocenters. The van der Waals surface area contributed by atoms with E-state index in [1.54, 1.807) is 13.8 Å². The van der Waals surface area contributed by atoms with Crippen LogP contribution >= 0.6 is 24.0 Å². The van der Waals surface area contributed by atoms with Crippen LogP contribution < -0.4 is 11.1 Å². The van der Waals surface area contributed by atoms with Crippen LogP contribution in [-0.2, 0) is 9.84 Å². The quantitative estimate of drug-likeness (QED) is 0.431. The maximum Gasteiger partial charge on any atom is 0.193 e. The maximum atomic E-state index is 11.6. The molecular formula is C14H24IN3O2S. The molecule has 21 heavy (non-hydrogen) atoms. The van der Waals surface area contributed by atoms with Crippen molar-refractivity contribution < 1.29 is 8.42 Å². The predicted octanol–water partition coefficient (Wildman–Crippen LogP) is 2.47. The number of aryl methyl sites for hydroxylation is 2. The summed E-state index contributed by atoms with van der Waals surface area (Å²) in [6.07, 6.45) is 0. The molecule has 0 atom stereocenters. The summed E-state index contributed by atoms with van der Waals surface area (Å²) in [4.78, 5) is 4.04. The third-order valence-electron chi connectivity index (χ3n) is 3.16. The van der Waals surface area contributed by atoms with Crippen molar-refractivity contribution in [1.29, 1.82) is 0 Å². The minimum absolute atomic E-state index is 0. The van der Waals surface area contributed by atoms with Gasteiger partial charge in [-0.25, -0.2) is 8.42 Å². The Morgan fingerprint density at radius 3 is 2.43 bits per heavy atom. The van der Waals surface area contributed by atoms with Gasteiger partial charge in [-0.05, 0) is 51.0 Å². The average molecular weight is 425 g/mol. The van der Waals surface area contributed by atoms with Crippen LogP contribution in [0.5, 0.6) is 0 Å². The van der Waals surface area contributed by atoms with Gasteiger partial charge in [0.1, 0.15) is 0 Å². The van der Waals surface area contributed by atoms with Crippen LogP contribution in [0.25, 0.3) is 0 Å². The van der Waals surface area contributed by atoms with Gasteiger partial charge in [0, 0.05) is 5.69 Å². The summed E-state index contributed by atoms with van der Waals surface area (Å²) in [7, 11) is -3.07. The zero-order valence-corrected chi connectivity index (χ0v) is 16.0. The van der Waals surface area contributed by atoms with Crippen molar-refractivity contribution in [3.63, 3.8) is 0 Å². The fourth-order valence-electron chi connectivity index (χ4n) is 1.54. The second kappa shape index (κ2) is 8.57. The van der Waals surface area contributed by atoms with Crippen LogP contribution in [-0.4, -0.2) is 31.9 Å². The number of hydrogen-bond acceptors (Lipinski definition) is 3. The van der Waals surface area contributed by atoms with E-state index >= 15 is 0 Å². The summed E-state index contributed by atoms with van der Waals surface area (Å²) in [6, 6.07) is 5.88. The van der Waals surface area contributed by atoms with Crippen molar-refractivity contribution in [2.45, 2.75) is 32.9 Å². The highest BCUT2D eigenvalue weighted by Gasteiger charge is 2.14. The Labute approximate surface area is 144 Å². The number of nitrogens with zero attached hydrogens (tertiary/aromatic N) is 1. The van der Waals surface area contributed by atoms with Gasteiger partial charge in [0.05, 0.1) is 17.5 Å². The minimum Gasteiger partial charge on any atom is -0.370 e. The van der Waals surface area contributed by atoms with Crippen molar-refractivity contribution in [2.75, 3.05) is 17.6 Å². The van der Waals surface area contributed by atoms with Gasteiger partial charge in [0.2, 0.25) is 0 Å². The number of nitrogens with two attached hydrogens (primary N) is 1. The zero-order chi connectivity index (χ0) is 15.3. The number of sulfone groups is 1. The lowest BCUT2D eigenvalue weighted by Crippen LogP contribution is -2.25. The summed E-state index contributed by atoms with van der Waals surface area (Å²) in [5.41, 5.74) is 8.95. The Kier molecular flexibility index (Phi) is 8.23. The van der Waals surface area contributed by atoms with Crippen molar-refractivity contribution >= 4 is 45.5 Å². The molecular weight excluding hydrogens is 401 g/mol. The van der Waals surface area contributed by atoms with Crippen molar-refractivity contribution in [2.24, 2.45) is 10.7 Å². The number of anilines is 1. The third-order valence-corrected chi connectivity index (χ3v) is 5.34. The van der Waals surface area contributed by atoms with Gasteiger partial charge in [0.25, 0.3) is 0 Å². The zero-order valence-electron chi connectivity index (χ0n) is 12.9. The fraction of sp³-hybridized carbons (Fsp3) is 0.500. The van der Waals surface area contributed by atoms with Crippen LogP contribution in [0.1, 0.15) is 25.0 Å². The van der Waals surface area contributed by atoms with E-state index in [1.807, 2.05) is 32.0 Å². The molecule has 0 aromatic heterocycles. The molecule has 7 heteroatoms. The molecule has 1 aromatic carbocycles. The Bertz CT molecular complexity index is 598. The lowest BCUT2D eigenvalue weighted by atomic mass is 10.1. The SMILES string of the molecule is Cc1ccc(NC(N)=NCCS(=O)(=O)C(C)C)cc1C.I. The van der Waals surface area contributed by atoms with Gasteiger partial charge in [-0.1, -0.05) is 6.07 Å². The molecule has 5 nitrogen and oxygen atoms in total. The summed E-state index contributed by atoms with van der Waals surface area (Å²) in [5.74, 6) is 0.243. The first-order valence-corrected chi connectivity index (χ1v) is 8.29. The number of rotatable bonds is 5. The summed E-state index contributed by atoms with van der Waals surface area (Å²) in [6.45, 7) is 7.55. The molecule has 0 aliphatic rings. The lowest BCUT2D eigenvalue weighted by Gasteiger charge is -2.09. The van der Waals surface area contributed by atoms with Crippen LogP contribution in [0, 0.1) is 13.8 Å². The van der Waals surface area contributed by atoms with Gasteiger partial charge >= 0.3 is 0 Å². The predicted molar refractivity (Wildman–Crippen MR) is 100 cm³/mol. The normalized spacial score (nSPS) is 12.1. The van der Waals surface area contributed by atoms with Gasteiger partial charge < -0.3 is 11.1 Å². The first kappa shape index (κ1) is 20.2. The van der Waals surface area contributed by atoms with E-state index in [0.717, 1.165) is 11.3 Å². The molecule has 0 aliphatic carbocycles. The monoisotopic (exact) mass is 425 g/mol. The second-order valence-corrected chi connectivity index (χ2v) is 7.78. The lowest BCUT2D eigenvalue weighted by molar-refractivity contribution is 0.587. The van der Waals surface area contributed by atoms with Crippen molar-refractivity contribution in [1.82, 2.24) is 0 Å². The number of aliphatic imine (C=N–C) groups is 1. The van der Waals surface area contributed by atoms with Crippen LogP contribution in [0.2, 0.25) is 0 Å². The Morgan fingerprint density at radius 2 is 1.90 bits per heavy atom. The molecule has 0 fully saturated rings. The van der Waals surface area contributed by atoms with E-state index in [2.05, 4.69) is 10.3 Å². The highest BCUT2D eigenvalue weighted by Crippen LogP contribution is 2.13. The van der Waals surface area contributed by atoms with Gasteiger partial charge in [-0.3, -0.25) is 4.99 Å². The van der Waals surface area contributed by atoms with E-state index in [-0.39, 0.29) is 47.5 Å². The van der Waals surface area contributed by atoms with E-state index in [9.17, 15) is 8.42 Å². The third kappa shape index (κ3) is 6.64. The second-order valence-electron chi connectivity index (χ2n) is 5.11. The Morgan fingerprint density at radius 1 is 1.29 bits per heavy atom. The van der Waals surface area contributed by atoms with Gasteiger partial charge in [-0.2, -0.15) is 0 Å². The van der Waals surface area contributed by atoms with E-state index in [4.69, 9.17) is 5.73 Å². The minimum atomic E-state index is -3.07. The van der Waals surface area contributed by atoms with Crippen LogP contribution in [0.3, 0.4) is 0 Å². The Balaban J connectivity index is 0.00000400. The first-order valence-electron chi connectivity index (χ1n) is 6.58. The van der Waals surface area contributed by atoms with Crippen LogP contribution in [0.4, 0.5) is 5.69 Å². The molecule has 0 aliphatic heterocycles. The average Bonchev–Trinajstić information content (AvgIpc) is 2.33. The number of guanidine groups is 1. The number of benzene rings is 1. The first-order chi connectivity index (χ1) is 9.22. The highest BCUT2D eigenvalue weighted by atomic mass is 127. The number of nitrogens with one attached hydrogen (secondary N) is 1. The summed E-state index contributed by atoms with van der Waals surface area (Å²) in [5, 5.41) is 2.58. The molecule has 0 saturated heterocycles. The molecule has 0 bridgehead atoms. The molecule has 3 N–H and O–H groups in total. The topological polar surface area (TPSA) is 84.5 Å². The molecule has 0 saturated carbocycles.